The van der Waals surface area contributed by atoms with Gasteiger partial charge in [0, 0.05) is 21.1 Å². The average molecular weight is 340 g/mol. The Morgan fingerprint density at radius 1 is 1.58 bits per heavy atom. The molecule has 0 aliphatic carbocycles. The summed E-state index contributed by atoms with van der Waals surface area (Å²) >= 11 is 0. The maximum atomic E-state index is 10.9. The zero-order chi connectivity index (χ0) is 9.02. The summed E-state index contributed by atoms with van der Waals surface area (Å²) in [6.07, 6.45) is 0.974. The summed E-state index contributed by atoms with van der Waals surface area (Å²) in [5.41, 5.74) is 5.65. The first-order valence-corrected chi connectivity index (χ1v) is 4.09. The van der Waals surface area contributed by atoms with Gasteiger partial charge in [0.1, 0.15) is 5.78 Å². The first-order chi connectivity index (χ1) is 5.00. The first kappa shape index (κ1) is 14.8. The van der Waals surface area contributed by atoms with E-state index >= 15 is 0 Å². The molecular weight excluding hydrogens is 322 g/mol. The molecule has 0 saturated carbocycles. The Balaban J connectivity index is 0. The van der Waals surface area contributed by atoms with Crippen LogP contribution in [0.25, 0.3) is 0 Å². The van der Waals surface area contributed by atoms with E-state index in [1.165, 1.54) is 6.92 Å². The van der Waals surface area contributed by atoms with Crippen molar-refractivity contribution in [1.82, 2.24) is 0 Å². The fourth-order valence-corrected chi connectivity index (χ4v) is 1.04. The molecule has 12 heavy (non-hydrogen) atoms. The molecule has 0 heterocycles. The molecule has 0 rings (SSSR count). The largest absolute Gasteiger partial charge is 0.340 e. The van der Waals surface area contributed by atoms with Crippen molar-refractivity contribution >= 4 is 5.78 Å². The molecule has 0 aliphatic heterocycles. The van der Waals surface area contributed by atoms with Crippen molar-refractivity contribution in [3.05, 3.63) is 6.92 Å². The van der Waals surface area contributed by atoms with Crippen LogP contribution in [0.5, 0.6) is 0 Å². The Kier molecular flexibility index (Phi) is 8.39. The number of rotatable bonds is 4. The fourth-order valence-electron chi connectivity index (χ4n) is 1.04. The van der Waals surface area contributed by atoms with Crippen LogP contribution in [0.3, 0.4) is 0 Å². The van der Waals surface area contributed by atoms with Gasteiger partial charge in [0.15, 0.2) is 0 Å². The molecule has 0 bridgehead atoms. The molecule has 3 atom stereocenters. The van der Waals surface area contributed by atoms with E-state index in [4.69, 9.17) is 5.73 Å². The molecule has 0 aliphatic rings. The summed E-state index contributed by atoms with van der Waals surface area (Å²) in [5.74, 6) is 0.533. The first-order valence-electron chi connectivity index (χ1n) is 4.09. The van der Waals surface area contributed by atoms with Gasteiger partial charge in [-0.25, -0.2) is 0 Å². The maximum Gasteiger partial charge on any atom is 0.146 e. The van der Waals surface area contributed by atoms with Crippen LogP contribution in [0.15, 0.2) is 0 Å². The summed E-state index contributed by atoms with van der Waals surface area (Å²) in [4.78, 5) is 10.9. The van der Waals surface area contributed by atoms with Crippen molar-refractivity contribution in [3.63, 3.8) is 0 Å². The molecule has 0 fully saturated rings. The minimum Gasteiger partial charge on any atom is -0.340 e. The summed E-state index contributed by atoms with van der Waals surface area (Å²) in [6.45, 7) is 9.49. The number of carbonyl (C=O) groups is 1. The van der Waals surface area contributed by atoms with Crippen LogP contribution in [-0.2, 0) is 25.9 Å². The number of hydrogen-bond acceptors (Lipinski definition) is 2. The van der Waals surface area contributed by atoms with Gasteiger partial charge in [0.2, 0.25) is 0 Å². The van der Waals surface area contributed by atoms with Crippen LogP contribution in [0, 0.1) is 18.8 Å². The standard InChI is InChI=1S/C9H18NO.W/c1-5-6(2)7(3)9(10)8(4)11;/h6-7,9H,2,5,10H2,1,3-4H3;/q-1;. The SMILES string of the molecule is [CH2-]C(CC)C(C)C(N)C(C)=O.[W]. The molecule has 0 saturated heterocycles. The molecule has 3 heteroatoms. The van der Waals surface area contributed by atoms with Crippen LogP contribution in [0.2, 0.25) is 0 Å². The van der Waals surface area contributed by atoms with Crippen molar-refractivity contribution < 1.29 is 25.9 Å². The van der Waals surface area contributed by atoms with Gasteiger partial charge in [-0.15, -0.1) is 0 Å². The molecule has 0 aromatic heterocycles. The van der Waals surface area contributed by atoms with Gasteiger partial charge >= 0.3 is 0 Å². The van der Waals surface area contributed by atoms with Gasteiger partial charge in [-0.2, -0.15) is 5.92 Å². The molecule has 0 amide bonds. The van der Waals surface area contributed by atoms with Gasteiger partial charge in [0.05, 0.1) is 6.04 Å². The Morgan fingerprint density at radius 3 is 2.25 bits per heavy atom. The number of ketones is 1. The maximum absolute atomic E-state index is 10.9. The second-order valence-electron chi connectivity index (χ2n) is 3.16. The molecule has 2 nitrogen and oxygen atoms in total. The molecule has 0 aromatic rings. The van der Waals surface area contributed by atoms with Crippen molar-refractivity contribution in [2.75, 3.05) is 0 Å². The van der Waals surface area contributed by atoms with Gasteiger partial charge in [-0.3, -0.25) is 4.79 Å². The van der Waals surface area contributed by atoms with Crippen molar-refractivity contribution in [3.8, 4) is 0 Å². The predicted molar refractivity (Wildman–Crippen MR) is 47.0 cm³/mol. The minimum absolute atomic E-state index is 0. The van der Waals surface area contributed by atoms with E-state index in [2.05, 4.69) is 13.8 Å². The van der Waals surface area contributed by atoms with E-state index in [0.717, 1.165) is 6.42 Å². The average Bonchev–Trinajstić information content (AvgIpc) is 2.00. The number of carbonyl (C=O) groups excluding carboxylic acids is 1. The van der Waals surface area contributed by atoms with E-state index in [1.54, 1.807) is 0 Å². The molecule has 2 N–H and O–H groups in total. The molecule has 72 valence electrons. The summed E-state index contributed by atoms with van der Waals surface area (Å²) in [6, 6.07) is -0.336. The Morgan fingerprint density at radius 2 is 2.00 bits per heavy atom. The third-order valence-electron chi connectivity index (χ3n) is 2.30. The molecule has 0 aromatic carbocycles. The van der Waals surface area contributed by atoms with Gasteiger partial charge in [-0.1, -0.05) is 20.3 Å². The van der Waals surface area contributed by atoms with Gasteiger partial charge in [-0.05, 0) is 12.8 Å². The van der Waals surface area contributed by atoms with Crippen molar-refractivity contribution in [2.45, 2.75) is 33.2 Å². The van der Waals surface area contributed by atoms with Crippen LogP contribution < -0.4 is 5.73 Å². The quantitative estimate of drug-likeness (QED) is 0.787. The normalized spacial score (nSPS) is 17.4. The summed E-state index contributed by atoms with van der Waals surface area (Å²) in [7, 11) is 0. The zero-order valence-electron chi connectivity index (χ0n) is 8.04. The minimum atomic E-state index is -0.336. The van der Waals surface area contributed by atoms with Crippen LogP contribution in [0.4, 0.5) is 0 Å². The molecule has 3 unspecified atom stereocenters. The number of Topliss-reactive ketones (excluding diaryl/α,β-unsaturated/α-hetero) is 1. The van der Waals surface area contributed by atoms with E-state index in [-0.39, 0.29) is 44.7 Å². The Labute approximate surface area is 89.5 Å². The third kappa shape index (κ3) is 4.37. The topological polar surface area (TPSA) is 43.1 Å². The number of hydrogen-bond donors (Lipinski definition) is 1. The molecule has 0 radical (unpaired) electrons. The van der Waals surface area contributed by atoms with E-state index in [1.807, 2.05) is 6.92 Å². The fraction of sp³-hybridized carbons (Fsp3) is 0.778. The summed E-state index contributed by atoms with van der Waals surface area (Å²) < 4.78 is 0. The monoisotopic (exact) mass is 340 g/mol. The van der Waals surface area contributed by atoms with E-state index in [0.29, 0.717) is 0 Å². The van der Waals surface area contributed by atoms with E-state index in [9.17, 15) is 4.79 Å². The van der Waals surface area contributed by atoms with Crippen LogP contribution >= 0.6 is 0 Å². The smallest absolute Gasteiger partial charge is 0.146 e. The second-order valence-corrected chi connectivity index (χ2v) is 3.16. The zero-order valence-corrected chi connectivity index (χ0v) is 11.0. The van der Waals surface area contributed by atoms with Crippen molar-refractivity contribution in [2.24, 2.45) is 17.6 Å². The third-order valence-corrected chi connectivity index (χ3v) is 2.30. The Bertz CT molecular complexity index is 138. The summed E-state index contributed by atoms with van der Waals surface area (Å²) in [5, 5.41) is 0. The van der Waals surface area contributed by atoms with Crippen LogP contribution in [0.1, 0.15) is 27.2 Å². The molecular formula is C9H18NOW-. The van der Waals surface area contributed by atoms with Crippen LogP contribution in [-0.4, -0.2) is 11.8 Å². The Hall–Kier alpha value is 0.318. The van der Waals surface area contributed by atoms with Gasteiger partial charge in [0.25, 0.3) is 0 Å². The van der Waals surface area contributed by atoms with E-state index < -0.39 is 0 Å². The number of nitrogens with two attached hydrogens (primary N) is 1. The van der Waals surface area contributed by atoms with Gasteiger partial charge < -0.3 is 12.7 Å². The van der Waals surface area contributed by atoms with Crippen molar-refractivity contribution in [1.29, 1.82) is 0 Å². The molecule has 0 spiro atoms. The second kappa shape index (κ2) is 6.79. The predicted octanol–water partition coefficient (Wildman–Crippen LogP) is 1.40.